The molecule has 20 heavy (non-hydrogen) atoms. The van der Waals surface area contributed by atoms with Gasteiger partial charge in [-0.1, -0.05) is 6.07 Å². The molecule has 3 nitrogen and oxygen atoms in total. The molecule has 0 bridgehead atoms. The third-order valence-electron chi connectivity index (χ3n) is 2.73. The molecule has 0 saturated heterocycles. The fourth-order valence-corrected chi connectivity index (χ4v) is 2.53. The Kier molecular flexibility index (Phi) is 2.98. The Morgan fingerprint density at radius 1 is 1.15 bits per heavy atom. The summed E-state index contributed by atoms with van der Waals surface area (Å²) in [5, 5.41) is 6.05. The van der Waals surface area contributed by atoms with Gasteiger partial charge in [0.05, 0.1) is 22.4 Å². The van der Waals surface area contributed by atoms with Crippen LogP contribution in [0.5, 0.6) is 0 Å². The van der Waals surface area contributed by atoms with Gasteiger partial charge in [-0.15, -0.1) is 11.3 Å². The molecule has 0 radical (unpaired) electrons. The topological polar surface area (TPSA) is 43.8 Å². The molecule has 0 fully saturated rings. The Balaban J connectivity index is 2.10. The van der Waals surface area contributed by atoms with Crippen molar-refractivity contribution >= 4 is 17.0 Å². The van der Waals surface area contributed by atoms with Crippen molar-refractivity contribution in [2.24, 2.45) is 0 Å². The van der Waals surface area contributed by atoms with Crippen molar-refractivity contribution < 1.29 is 13.2 Å². The first-order valence-corrected chi connectivity index (χ1v) is 6.48. The van der Waals surface area contributed by atoms with E-state index in [1.54, 1.807) is 0 Å². The second-order valence-electron chi connectivity index (χ2n) is 4.08. The maximum Gasteiger partial charge on any atom is 0.194 e. The van der Waals surface area contributed by atoms with Crippen LogP contribution in [0, 0.1) is 17.5 Å². The number of rotatable bonds is 2. The fraction of sp³-hybridized carbons (Fsp3) is 0. The van der Waals surface area contributed by atoms with Gasteiger partial charge in [-0.3, -0.25) is 0 Å². The number of hydrogen-bond donors (Lipinski definition) is 1. The monoisotopic (exact) mass is 295 g/mol. The van der Waals surface area contributed by atoms with Crippen LogP contribution in [-0.4, -0.2) is 9.78 Å². The van der Waals surface area contributed by atoms with Gasteiger partial charge < -0.3 is 5.73 Å². The molecule has 2 heterocycles. The van der Waals surface area contributed by atoms with Gasteiger partial charge in [0, 0.05) is 12.1 Å². The molecule has 1 aromatic carbocycles. The van der Waals surface area contributed by atoms with Gasteiger partial charge in [0.25, 0.3) is 0 Å². The Morgan fingerprint density at radius 2 is 1.85 bits per heavy atom. The van der Waals surface area contributed by atoms with Crippen molar-refractivity contribution in [2.75, 3.05) is 5.73 Å². The molecule has 102 valence electrons. The minimum absolute atomic E-state index is 0.0657. The Bertz CT molecular complexity index is 742. The average Bonchev–Trinajstić information content (AvgIpc) is 3.04. The first-order valence-electron chi connectivity index (χ1n) is 5.60. The van der Waals surface area contributed by atoms with Crippen LogP contribution >= 0.6 is 11.3 Å². The minimum atomic E-state index is -1.51. The molecular weight excluding hydrogens is 287 g/mol. The fourth-order valence-electron chi connectivity index (χ4n) is 1.80. The molecule has 0 aliphatic heterocycles. The van der Waals surface area contributed by atoms with Gasteiger partial charge >= 0.3 is 0 Å². The third kappa shape index (κ3) is 2.05. The number of nitrogens with two attached hydrogens (primary N) is 1. The van der Waals surface area contributed by atoms with Crippen molar-refractivity contribution in [2.45, 2.75) is 0 Å². The molecule has 0 amide bonds. The van der Waals surface area contributed by atoms with Gasteiger partial charge in [0.1, 0.15) is 5.69 Å². The number of thiophene rings is 1. The Labute approximate surface area is 116 Å². The van der Waals surface area contributed by atoms with E-state index in [0.29, 0.717) is 11.4 Å². The zero-order chi connectivity index (χ0) is 14.3. The number of halogens is 3. The molecule has 0 spiro atoms. The molecule has 0 aliphatic carbocycles. The number of hydrogen-bond acceptors (Lipinski definition) is 3. The number of nitrogen functional groups attached to an aromatic ring is 1. The third-order valence-corrected chi connectivity index (χ3v) is 3.61. The summed E-state index contributed by atoms with van der Waals surface area (Å²) >= 11 is 1.44. The van der Waals surface area contributed by atoms with Crippen LogP contribution in [0.2, 0.25) is 0 Å². The summed E-state index contributed by atoms with van der Waals surface area (Å²) in [5.74, 6) is -4.05. The first kappa shape index (κ1) is 12.7. The molecule has 0 saturated carbocycles. The molecule has 3 rings (SSSR count). The van der Waals surface area contributed by atoms with Gasteiger partial charge in [-0.25, -0.2) is 17.9 Å². The zero-order valence-corrected chi connectivity index (χ0v) is 10.8. The molecule has 3 aromatic rings. The molecule has 0 atom stereocenters. The lowest BCUT2D eigenvalue weighted by Crippen LogP contribution is -1.99. The highest BCUT2D eigenvalue weighted by atomic mass is 32.1. The normalized spacial score (nSPS) is 10.9. The standard InChI is InChI=1S/C13H8F3N3S/c14-8-4-7(5-9(15)12(8)16)19-6-10(17)13(18-19)11-2-1-3-20-11/h1-6H,17H2. The van der Waals surface area contributed by atoms with Crippen LogP contribution in [0.1, 0.15) is 0 Å². The van der Waals surface area contributed by atoms with Crippen LogP contribution < -0.4 is 5.73 Å². The quantitative estimate of drug-likeness (QED) is 0.734. The van der Waals surface area contributed by atoms with E-state index < -0.39 is 17.5 Å². The van der Waals surface area contributed by atoms with Crippen LogP contribution in [0.25, 0.3) is 16.3 Å². The highest BCUT2D eigenvalue weighted by molar-refractivity contribution is 7.13. The molecule has 2 N–H and O–H groups in total. The predicted molar refractivity (Wildman–Crippen MR) is 71.2 cm³/mol. The van der Waals surface area contributed by atoms with Crippen LogP contribution in [0.4, 0.5) is 18.9 Å². The summed E-state index contributed by atoms with van der Waals surface area (Å²) in [7, 11) is 0. The zero-order valence-electron chi connectivity index (χ0n) is 9.98. The summed E-state index contributed by atoms with van der Waals surface area (Å²) in [6.07, 6.45) is 1.43. The summed E-state index contributed by atoms with van der Waals surface area (Å²) in [6, 6.07) is 5.40. The summed E-state index contributed by atoms with van der Waals surface area (Å²) in [4.78, 5) is 0.837. The smallest absolute Gasteiger partial charge is 0.194 e. The number of anilines is 1. The average molecular weight is 295 g/mol. The second kappa shape index (κ2) is 4.68. The first-order chi connectivity index (χ1) is 9.56. The molecule has 0 aliphatic rings. The molecule has 0 unspecified atom stereocenters. The number of aromatic nitrogens is 2. The van der Waals surface area contributed by atoms with Crippen molar-refractivity contribution in [3.8, 4) is 16.3 Å². The van der Waals surface area contributed by atoms with Gasteiger partial charge in [-0.2, -0.15) is 5.10 Å². The van der Waals surface area contributed by atoms with Crippen LogP contribution in [0.3, 0.4) is 0 Å². The maximum absolute atomic E-state index is 13.2. The molecular formula is C13H8F3N3S. The summed E-state index contributed by atoms with van der Waals surface area (Å²) in [6.45, 7) is 0. The van der Waals surface area contributed by atoms with E-state index >= 15 is 0 Å². The largest absolute Gasteiger partial charge is 0.396 e. The van der Waals surface area contributed by atoms with E-state index in [0.717, 1.165) is 17.0 Å². The van der Waals surface area contributed by atoms with Crippen molar-refractivity contribution in [3.63, 3.8) is 0 Å². The van der Waals surface area contributed by atoms with Crippen molar-refractivity contribution in [3.05, 3.63) is 53.3 Å². The Morgan fingerprint density at radius 3 is 2.45 bits per heavy atom. The van der Waals surface area contributed by atoms with Crippen LogP contribution in [-0.2, 0) is 0 Å². The highest BCUT2D eigenvalue weighted by Crippen LogP contribution is 2.29. The van der Waals surface area contributed by atoms with E-state index in [1.807, 2.05) is 17.5 Å². The van der Waals surface area contributed by atoms with Gasteiger partial charge in [0.2, 0.25) is 0 Å². The minimum Gasteiger partial charge on any atom is -0.396 e. The summed E-state index contributed by atoms with van der Waals surface area (Å²) < 4.78 is 40.6. The summed E-state index contributed by atoms with van der Waals surface area (Å²) in [5.41, 5.74) is 6.79. The Hall–Kier alpha value is -2.28. The van der Waals surface area contributed by atoms with Crippen molar-refractivity contribution in [1.29, 1.82) is 0 Å². The number of benzene rings is 1. The second-order valence-corrected chi connectivity index (χ2v) is 5.03. The van der Waals surface area contributed by atoms with Crippen LogP contribution in [0.15, 0.2) is 35.8 Å². The highest BCUT2D eigenvalue weighted by Gasteiger charge is 2.15. The molecule has 2 aromatic heterocycles. The lowest BCUT2D eigenvalue weighted by Gasteiger charge is -2.02. The lowest BCUT2D eigenvalue weighted by molar-refractivity contribution is 0.446. The van der Waals surface area contributed by atoms with Gasteiger partial charge in [-0.05, 0) is 11.4 Å². The maximum atomic E-state index is 13.2. The molecule has 7 heteroatoms. The van der Waals surface area contributed by atoms with Gasteiger partial charge in [0.15, 0.2) is 17.5 Å². The predicted octanol–water partition coefficient (Wildman–Crippen LogP) is 3.60. The van der Waals surface area contributed by atoms with Crippen molar-refractivity contribution in [1.82, 2.24) is 9.78 Å². The van der Waals surface area contributed by atoms with E-state index in [1.165, 1.54) is 22.2 Å². The number of nitrogens with zero attached hydrogens (tertiary/aromatic N) is 2. The van der Waals surface area contributed by atoms with E-state index in [4.69, 9.17) is 5.73 Å². The lowest BCUT2D eigenvalue weighted by atomic mass is 10.3. The van der Waals surface area contributed by atoms with E-state index in [9.17, 15) is 13.2 Å². The van der Waals surface area contributed by atoms with E-state index in [-0.39, 0.29) is 5.69 Å². The SMILES string of the molecule is Nc1cn(-c2cc(F)c(F)c(F)c2)nc1-c1cccs1. The van der Waals surface area contributed by atoms with E-state index in [2.05, 4.69) is 5.10 Å².